The van der Waals surface area contributed by atoms with Gasteiger partial charge in [0.25, 0.3) is 0 Å². The van der Waals surface area contributed by atoms with Crippen molar-refractivity contribution >= 4 is 17.3 Å². The largest absolute Gasteiger partial charge is 0.338 e. The summed E-state index contributed by atoms with van der Waals surface area (Å²) in [5.41, 5.74) is 3.77. The maximum Gasteiger partial charge on any atom is 0.146 e. The van der Waals surface area contributed by atoms with Gasteiger partial charge in [-0.3, -0.25) is 0 Å². The lowest BCUT2D eigenvalue weighted by atomic mass is 10.2. The lowest BCUT2D eigenvalue weighted by molar-refractivity contribution is 0.631. The van der Waals surface area contributed by atoms with Gasteiger partial charge in [0.2, 0.25) is 0 Å². The number of hydrogen-bond acceptors (Lipinski definition) is 5. The van der Waals surface area contributed by atoms with Gasteiger partial charge in [-0.05, 0) is 31.5 Å². The van der Waals surface area contributed by atoms with E-state index in [-0.39, 0.29) is 5.82 Å². The van der Waals surface area contributed by atoms with Gasteiger partial charge in [0, 0.05) is 6.07 Å². The lowest BCUT2D eigenvalue weighted by Gasteiger charge is -2.09. The highest BCUT2D eigenvalue weighted by Gasteiger charge is 2.05. The van der Waals surface area contributed by atoms with Crippen molar-refractivity contribution in [2.24, 2.45) is 5.84 Å². The summed E-state index contributed by atoms with van der Waals surface area (Å²) >= 11 is 0. The van der Waals surface area contributed by atoms with Crippen molar-refractivity contribution in [3.8, 4) is 0 Å². The number of nitrogens with one attached hydrogen (secondary N) is 2. The molecule has 2 aromatic rings. The molecule has 5 nitrogen and oxygen atoms in total. The molecule has 0 saturated heterocycles. The molecule has 0 bridgehead atoms. The third-order valence-electron chi connectivity index (χ3n) is 2.37. The van der Waals surface area contributed by atoms with Crippen molar-refractivity contribution in [3.63, 3.8) is 0 Å². The van der Waals surface area contributed by atoms with Crippen LogP contribution in [0.25, 0.3) is 0 Å². The van der Waals surface area contributed by atoms with Crippen molar-refractivity contribution in [1.29, 1.82) is 0 Å². The highest BCUT2D eigenvalue weighted by atomic mass is 19.1. The Morgan fingerprint density at radius 3 is 2.56 bits per heavy atom. The van der Waals surface area contributed by atoms with Gasteiger partial charge in [-0.15, -0.1) is 0 Å². The number of nitrogens with zero attached hydrogens (tertiary/aromatic N) is 2. The van der Waals surface area contributed by atoms with Crippen molar-refractivity contribution in [3.05, 3.63) is 41.5 Å². The van der Waals surface area contributed by atoms with Crippen molar-refractivity contribution in [2.45, 2.75) is 13.8 Å². The summed E-state index contributed by atoms with van der Waals surface area (Å²) in [7, 11) is 0. The number of rotatable bonds is 3. The molecular formula is C12H14FN5. The molecule has 6 heteroatoms. The molecule has 0 radical (unpaired) electrons. The zero-order valence-electron chi connectivity index (χ0n) is 10.2. The normalized spacial score (nSPS) is 10.2. The van der Waals surface area contributed by atoms with Crippen LogP contribution in [0.5, 0.6) is 0 Å². The first kappa shape index (κ1) is 12.3. The number of aromatic nitrogens is 2. The molecule has 2 rings (SSSR count). The van der Waals surface area contributed by atoms with Crippen LogP contribution < -0.4 is 16.6 Å². The van der Waals surface area contributed by atoms with Gasteiger partial charge in [-0.1, -0.05) is 6.07 Å². The minimum Gasteiger partial charge on any atom is -0.338 e. The van der Waals surface area contributed by atoms with E-state index in [1.807, 2.05) is 6.92 Å². The van der Waals surface area contributed by atoms with Crippen molar-refractivity contribution in [1.82, 2.24) is 9.97 Å². The monoisotopic (exact) mass is 247 g/mol. The smallest absolute Gasteiger partial charge is 0.146 e. The van der Waals surface area contributed by atoms with Gasteiger partial charge in [-0.2, -0.15) is 0 Å². The first-order chi connectivity index (χ1) is 8.58. The lowest BCUT2D eigenvalue weighted by Crippen LogP contribution is -2.10. The van der Waals surface area contributed by atoms with Crippen LogP contribution >= 0.6 is 0 Å². The third-order valence-corrected chi connectivity index (χ3v) is 2.37. The molecule has 0 aliphatic heterocycles. The molecule has 1 heterocycles. The SMILES string of the molecule is Cc1ccc(F)c(Nc2cc(NN)nc(C)n2)c1. The van der Waals surface area contributed by atoms with E-state index in [4.69, 9.17) is 5.84 Å². The average Bonchev–Trinajstić information content (AvgIpc) is 2.33. The highest BCUT2D eigenvalue weighted by Crippen LogP contribution is 2.21. The fourth-order valence-electron chi connectivity index (χ4n) is 1.58. The van der Waals surface area contributed by atoms with E-state index in [2.05, 4.69) is 20.7 Å². The van der Waals surface area contributed by atoms with Crippen LogP contribution in [0.2, 0.25) is 0 Å². The number of nitrogen functional groups attached to an aromatic ring is 1. The van der Waals surface area contributed by atoms with Gasteiger partial charge < -0.3 is 10.7 Å². The topological polar surface area (TPSA) is 75.9 Å². The first-order valence-electron chi connectivity index (χ1n) is 5.44. The standard InChI is InChI=1S/C12H14FN5/c1-7-3-4-9(13)10(5-7)17-11-6-12(18-14)16-8(2)15-11/h3-6H,14H2,1-2H3,(H2,15,16,17,18). The summed E-state index contributed by atoms with van der Waals surface area (Å²) in [6, 6.07) is 6.43. The van der Waals surface area contributed by atoms with Crippen LogP contribution in [0.4, 0.5) is 21.7 Å². The van der Waals surface area contributed by atoms with E-state index in [9.17, 15) is 4.39 Å². The Bertz CT molecular complexity index is 570. The molecule has 0 fully saturated rings. The molecular weight excluding hydrogens is 233 g/mol. The Morgan fingerprint density at radius 2 is 1.83 bits per heavy atom. The molecule has 0 spiro atoms. The molecule has 0 unspecified atom stereocenters. The van der Waals surface area contributed by atoms with E-state index in [0.717, 1.165) is 5.56 Å². The molecule has 0 amide bonds. The number of anilines is 3. The summed E-state index contributed by atoms with van der Waals surface area (Å²) in [4.78, 5) is 8.22. The van der Waals surface area contributed by atoms with Crippen molar-refractivity contribution in [2.75, 3.05) is 10.7 Å². The zero-order chi connectivity index (χ0) is 13.1. The number of nitrogens with two attached hydrogens (primary N) is 1. The summed E-state index contributed by atoms with van der Waals surface area (Å²) < 4.78 is 13.6. The number of aryl methyl sites for hydroxylation is 2. The van der Waals surface area contributed by atoms with E-state index < -0.39 is 0 Å². The predicted molar refractivity (Wildman–Crippen MR) is 69.0 cm³/mol. The summed E-state index contributed by atoms with van der Waals surface area (Å²) in [6.45, 7) is 3.63. The summed E-state index contributed by atoms with van der Waals surface area (Å²) in [6.07, 6.45) is 0. The molecule has 94 valence electrons. The van der Waals surface area contributed by atoms with Gasteiger partial charge in [0.05, 0.1) is 5.69 Å². The van der Waals surface area contributed by atoms with Crippen LogP contribution in [0.15, 0.2) is 24.3 Å². The number of hydrogen-bond donors (Lipinski definition) is 3. The molecule has 0 atom stereocenters. The Balaban J connectivity index is 2.33. The Hall–Kier alpha value is -2.21. The van der Waals surface area contributed by atoms with Crippen LogP contribution in [-0.4, -0.2) is 9.97 Å². The van der Waals surface area contributed by atoms with E-state index in [1.165, 1.54) is 6.07 Å². The van der Waals surface area contributed by atoms with E-state index >= 15 is 0 Å². The predicted octanol–water partition coefficient (Wildman–Crippen LogP) is 2.26. The van der Waals surface area contributed by atoms with E-state index in [1.54, 1.807) is 25.1 Å². The minimum absolute atomic E-state index is 0.334. The number of benzene rings is 1. The second-order valence-corrected chi connectivity index (χ2v) is 3.94. The molecule has 1 aromatic heterocycles. The van der Waals surface area contributed by atoms with Gasteiger partial charge in [0.15, 0.2) is 0 Å². The van der Waals surface area contributed by atoms with Crippen LogP contribution in [-0.2, 0) is 0 Å². The molecule has 1 aromatic carbocycles. The highest BCUT2D eigenvalue weighted by molar-refractivity contribution is 5.60. The molecule has 4 N–H and O–H groups in total. The molecule has 0 saturated carbocycles. The second-order valence-electron chi connectivity index (χ2n) is 3.94. The van der Waals surface area contributed by atoms with Gasteiger partial charge in [-0.25, -0.2) is 20.2 Å². The molecule has 18 heavy (non-hydrogen) atoms. The third kappa shape index (κ3) is 2.72. The second kappa shape index (κ2) is 4.97. The molecule has 0 aliphatic rings. The Kier molecular flexibility index (Phi) is 3.38. The Labute approximate surface area is 104 Å². The first-order valence-corrected chi connectivity index (χ1v) is 5.44. The summed E-state index contributed by atoms with van der Waals surface area (Å²) in [5, 5.41) is 2.91. The van der Waals surface area contributed by atoms with Gasteiger partial charge >= 0.3 is 0 Å². The van der Waals surface area contributed by atoms with Crippen LogP contribution in [0.1, 0.15) is 11.4 Å². The Morgan fingerprint density at radius 1 is 1.11 bits per heavy atom. The fraction of sp³-hybridized carbons (Fsp3) is 0.167. The number of halogens is 1. The molecule has 0 aliphatic carbocycles. The maximum absolute atomic E-state index is 13.6. The van der Waals surface area contributed by atoms with Gasteiger partial charge in [0.1, 0.15) is 23.3 Å². The zero-order valence-corrected chi connectivity index (χ0v) is 10.2. The quantitative estimate of drug-likeness (QED) is 0.573. The van der Waals surface area contributed by atoms with Crippen LogP contribution in [0, 0.1) is 19.7 Å². The number of hydrazine groups is 1. The minimum atomic E-state index is -0.334. The van der Waals surface area contributed by atoms with Crippen molar-refractivity contribution < 1.29 is 4.39 Å². The van der Waals surface area contributed by atoms with E-state index in [0.29, 0.717) is 23.1 Å². The summed E-state index contributed by atoms with van der Waals surface area (Å²) in [5.74, 6) is 6.46. The maximum atomic E-state index is 13.6. The fourth-order valence-corrected chi connectivity index (χ4v) is 1.58. The average molecular weight is 247 g/mol. The van der Waals surface area contributed by atoms with Crippen LogP contribution in [0.3, 0.4) is 0 Å².